The Balaban J connectivity index is 3.79. The van der Waals surface area contributed by atoms with Crippen LogP contribution in [0.15, 0.2) is 5.11 Å². The van der Waals surface area contributed by atoms with E-state index in [1.54, 1.807) is 0 Å². The van der Waals surface area contributed by atoms with Crippen molar-refractivity contribution in [2.24, 2.45) is 10.5 Å². The fourth-order valence-corrected chi connectivity index (χ4v) is 0.758. The van der Waals surface area contributed by atoms with Gasteiger partial charge in [-0.05, 0) is 10.9 Å². The molecular formula is C7H13N3O. The highest BCUT2D eigenvalue weighted by Crippen LogP contribution is 2.18. The van der Waals surface area contributed by atoms with Gasteiger partial charge in [-0.2, -0.15) is 0 Å². The number of ketones is 1. The summed E-state index contributed by atoms with van der Waals surface area (Å²) >= 11 is 0. The van der Waals surface area contributed by atoms with Gasteiger partial charge in [0.15, 0.2) is 0 Å². The smallest absolute Gasteiger partial charge is 0.139 e. The minimum atomic E-state index is -0.0201. The third kappa shape index (κ3) is 6.87. The average molecular weight is 155 g/mol. The molecule has 0 fully saturated rings. The van der Waals surface area contributed by atoms with Crippen molar-refractivity contribution < 1.29 is 4.79 Å². The average Bonchev–Trinajstić information content (AvgIpc) is 1.79. The van der Waals surface area contributed by atoms with Gasteiger partial charge in [-0.15, -0.1) is 0 Å². The monoisotopic (exact) mass is 155 g/mol. The quantitative estimate of drug-likeness (QED) is 0.350. The van der Waals surface area contributed by atoms with E-state index < -0.39 is 0 Å². The summed E-state index contributed by atoms with van der Waals surface area (Å²) in [4.78, 5) is 13.5. The molecule has 0 radical (unpaired) electrons. The number of rotatable bonds is 3. The highest BCUT2D eigenvalue weighted by molar-refractivity contribution is 5.81. The highest BCUT2D eigenvalue weighted by Gasteiger charge is 2.14. The van der Waals surface area contributed by atoms with Gasteiger partial charge in [0.1, 0.15) is 5.78 Å². The number of carbonyl (C=O) groups is 1. The molecule has 4 nitrogen and oxygen atoms in total. The number of hydrogen-bond donors (Lipinski definition) is 0. The molecule has 0 rings (SSSR count). The summed E-state index contributed by atoms with van der Waals surface area (Å²) in [6, 6.07) is 0. The first-order valence-corrected chi connectivity index (χ1v) is 3.48. The molecule has 0 bridgehead atoms. The molecule has 0 atom stereocenters. The van der Waals surface area contributed by atoms with Gasteiger partial charge in [-0.1, -0.05) is 25.9 Å². The summed E-state index contributed by atoms with van der Waals surface area (Å²) in [6.07, 6.45) is 0.464. The van der Waals surface area contributed by atoms with E-state index in [-0.39, 0.29) is 17.7 Å². The van der Waals surface area contributed by atoms with E-state index in [9.17, 15) is 4.79 Å². The van der Waals surface area contributed by atoms with Crippen LogP contribution in [0.5, 0.6) is 0 Å². The standard InChI is InChI=1S/C7H13N3O/c1-7(2,3)4-6(11)5-9-10-8/h4-5H2,1-3H3. The Hall–Kier alpha value is -1.02. The summed E-state index contributed by atoms with van der Waals surface area (Å²) in [7, 11) is 0. The topological polar surface area (TPSA) is 65.8 Å². The maximum atomic E-state index is 11.0. The Morgan fingerprint density at radius 3 is 2.45 bits per heavy atom. The van der Waals surface area contributed by atoms with Gasteiger partial charge in [0, 0.05) is 11.3 Å². The lowest BCUT2D eigenvalue weighted by Gasteiger charge is -2.15. The number of azide groups is 1. The van der Waals surface area contributed by atoms with Crippen LogP contribution < -0.4 is 0 Å². The fourth-order valence-electron chi connectivity index (χ4n) is 0.758. The molecule has 0 saturated heterocycles. The third-order valence-electron chi connectivity index (χ3n) is 1.04. The molecule has 62 valence electrons. The highest BCUT2D eigenvalue weighted by atomic mass is 16.1. The van der Waals surface area contributed by atoms with Crippen LogP contribution in [0.25, 0.3) is 10.4 Å². The van der Waals surface area contributed by atoms with Crippen LogP contribution in [0.2, 0.25) is 0 Å². The number of hydrogen-bond acceptors (Lipinski definition) is 2. The van der Waals surface area contributed by atoms with Gasteiger partial charge in [-0.25, -0.2) is 0 Å². The van der Waals surface area contributed by atoms with Gasteiger partial charge >= 0.3 is 0 Å². The van der Waals surface area contributed by atoms with E-state index in [1.807, 2.05) is 20.8 Å². The Morgan fingerprint density at radius 1 is 1.55 bits per heavy atom. The summed E-state index contributed by atoms with van der Waals surface area (Å²) in [6.45, 7) is 5.90. The van der Waals surface area contributed by atoms with Crippen molar-refractivity contribution in [3.63, 3.8) is 0 Å². The number of nitrogens with zero attached hydrogens (tertiary/aromatic N) is 3. The molecule has 0 spiro atoms. The summed E-state index contributed by atoms with van der Waals surface area (Å²) in [5, 5.41) is 3.19. The maximum Gasteiger partial charge on any atom is 0.139 e. The molecular weight excluding hydrogens is 142 g/mol. The van der Waals surface area contributed by atoms with Crippen molar-refractivity contribution in [3.8, 4) is 0 Å². The Bertz CT molecular complexity index is 186. The SMILES string of the molecule is CC(C)(C)CC(=O)CN=[N+]=[N-]. The van der Waals surface area contributed by atoms with Crippen LogP contribution in [0, 0.1) is 5.41 Å². The lowest BCUT2D eigenvalue weighted by Crippen LogP contribution is -2.14. The first kappa shape index (κ1) is 9.98. The summed E-state index contributed by atoms with van der Waals surface area (Å²) in [5.41, 5.74) is 7.91. The lowest BCUT2D eigenvalue weighted by atomic mass is 9.90. The number of Topliss-reactive ketones (excluding diaryl/α,β-unsaturated/α-hetero) is 1. The van der Waals surface area contributed by atoms with Crippen LogP contribution in [-0.2, 0) is 4.79 Å². The molecule has 11 heavy (non-hydrogen) atoms. The van der Waals surface area contributed by atoms with Crippen LogP contribution >= 0.6 is 0 Å². The Labute approximate surface area is 66.2 Å². The van der Waals surface area contributed by atoms with Crippen LogP contribution in [-0.4, -0.2) is 12.3 Å². The third-order valence-corrected chi connectivity index (χ3v) is 1.04. The second-order valence-corrected chi connectivity index (χ2v) is 3.67. The Kier molecular flexibility index (Phi) is 3.61. The first-order valence-electron chi connectivity index (χ1n) is 3.48. The predicted octanol–water partition coefficient (Wildman–Crippen LogP) is 2.30. The molecule has 0 saturated carbocycles. The molecule has 4 heteroatoms. The normalized spacial score (nSPS) is 10.5. The van der Waals surface area contributed by atoms with Crippen molar-refractivity contribution in [3.05, 3.63) is 10.4 Å². The van der Waals surface area contributed by atoms with Crippen molar-refractivity contribution in [2.75, 3.05) is 6.54 Å². The van der Waals surface area contributed by atoms with Gasteiger partial charge < -0.3 is 0 Å². The maximum absolute atomic E-state index is 11.0. The first-order chi connectivity index (χ1) is 4.95. The predicted molar refractivity (Wildman–Crippen MR) is 43.1 cm³/mol. The zero-order valence-corrected chi connectivity index (χ0v) is 7.16. The molecule has 0 N–H and O–H groups in total. The molecule has 0 amide bonds. The van der Waals surface area contributed by atoms with Crippen LogP contribution in [0.3, 0.4) is 0 Å². The van der Waals surface area contributed by atoms with Gasteiger partial charge in [0.2, 0.25) is 0 Å². The van der Waals surface area contributed by atoms with E-state index in [1.165, 1.54) is 0 Å². The van der Waals surface area contributed by atoms with Crippen molar-refractivity contribution in [1.29, 1.82) is 0 Å². The van der Waals surface area contributed by atoms with Crippen LogP contribution in [0.1, 0.15) is 27.2 Å². The van der Waals surface area contributed by atoms with Gasteiger partial charge in [-0.3, -0.25) is 4.79 Å². The van der Waals surface area contributed by atoms with Gasteiger partial charge in [0.25, 0.3) is 0 Å². The van der Waals surface area contributed by atoms with Crippen molar-refractivity contribution >= 4 is 5.78 Å². The molecule has 0 heterocycles. The number of carbonyl (C=O) groups excluding carboxylic acids is 1. The van der Waals surface area contributed by atoms with Crippen molar-refractivity contribution in [1.82, 2.24) is 0 Å². The largest absolute Gasteiger partial charge is 0.300 e. The van der Waals surface area contributed by atoms with E-state index in [4.69, 9.17) is 5.53 Å². The molecule has 0 aromatic rings. The summed E-state index contributed by atoms with van der Waals surface area (Å²) in [5.74, 6) is -0.00435. The van der Waals surface area contributed by atoms with Crippen molar-refractivity contribution in [2.45, 2.75) is 27.2 Å². The Morgan fingerprint density at radius 2 is 2.09 bits per heavy atom. The fraction of sp³-hybridized carbons (Fsp3) is 0.857. The summed E-state index contributed by atoms with van der Waals surface area (Å²) < 4.78 is 0. The lowest BCUT2D eigenvalue weighted by molar-refractivity contribution is -0.119. The molecule has 0 aliphatic carbocycles. The minimum Gasteiger partial charge on any atom is -0.300 e. The second-order valence-electron chi connectivity index (χ2n) is 3.67. The van der Waals surface area contributed by atoms with E-state index in [2.05, 4.69) is 10.0 Å². The van der Waals surface area contributed by atoms with Crippen LogP contribution in [0.4, 0.5) is 0 Å². The second kappa shape index (κ2) is 3.98. The minimum absolute atomic E-state index is 0.00435. The molecule has 0 aliphatic heterocycles. The van der Waals surface area contributed by atoms with Gasteiger partial charge in [0.05, 0.1) is 6.54 Å². The molecule has 0 aromatic carbocycles. The zero-order valence-electron chi connectivity index (χ0n) is 7.16. The molecule has 0 aliphatic rings. The molecule has 0 aromatic heterocycles. The van der Waals surface area contributed by atoms with E-state index >= 15 is 0 Å². The van der Waals surface area contributed by atoms with E-state index in [0.29, 0.717) is 6.42 Å². The van der Waals surface area contributed by atoms with E-state index in [0.717, 1.165) is 0 Å². The molecule has 0 unspecified atom stereocenters. The zero-order chi connectivity index (χ0) is 8.91.